The molecular formula is C11H12BrF2NO3. The number of hydrogen-bond donors (Lipinski definition) is 0. The minimum Gasteiger partial charge on any atom is -0.494 e. The van der Waals surface area contributed by atoms with Gasteiger partial charge in [-0.15, -0.1) is 0 Å². The van der Waals surface area contributed by atoms with Gasteiger partial charge in [0.2, 0.25) is 0 Å². The van der Waals surface area contributed by atoms with Gasteiger partial charge < -0.3 is 9.47 Å². The molecule has 0 saturated carbocycles. The molecule has 0 N–H and O–H groups in total. The van der Waals surface area contributed by atoms with E-state index in [1.54, 1.807) is 6.92 Å². The number of hydrogen-bond acceptors (Lipinski definition) is 4. The van der Waals surface area contributed by atoms with Crippen LogP contribution >= 0.6 is 15.9 Å². The number of aromatic nitrogens is 1. The molecule has 0 aromatic carbocycles. The highest BCUT2D eigenvalue weighted by Crippen LogP contribution is 2.36. The van der Waals surface area contributed by atoms with Gasteiger partial charge in [-0.05, 0) is 22.9 Å². The van der Waals surface area contributed by atoms with Crippen molar-refractivity contribution in [3.05, 3.63) is 21.9 Å². The summed E-state index contributed by atoms with van der Waals surface area (Å²) in [5, 5.41) is 0. The summed E-state index contributed by atoms with van der Waals surface area (Å²) < 4.78 is 35.6. The van der Waals surface area contributed by atoms with E-state index in [0.717, 1.165) is 0 Å². The standard InChI is InChI=1S/C11H12BrF2NO3/c1-3-18-8(16)4-7-10(17-2)9(11(13)14)6(12)5-15-7/h5,11H,3-4H2,1-2H3. The van der Waals surface area contributed by atoms with Gasteiger partial charge >= 0.3 is 5.97 Å². The van der Waals surface area contributed by atoms with Crippen molar-refractivity contribution in [1.82, 2.24) is 4.98 Å². The molecule has 100 valence electrons. The second kappa shape index (κ2) is 6.63. The van der Waals surface area contributed by atoms with Crippen molar-refractivity contribution < 1.29 is 23.0 Å². The van der Waals surface area contributed by atoms with Crippen LogP contribution in [0.5, 0.6) is 5.75 Å². The summed E-state index contributed by atoms with van der Waals surface area (Å²) in [7, 11) is 1.25. The first-order chi connectivity index (χ1) is 8.51. The van der Waals surface area contributed by atoms with E-state index >= 15 is 0 Å². The zero-order chi connectivity index (χ0) is 13.7. The topological polar surface area (TPSA) is 48.4 Å². The van der Waals surface area contributed by atoms with Crippen LogP contribution in [0.3, 0.4) is 0 Å². The van der Waals surface area contributed by atoms with E-state index in [1.807, 2.05) is 0 Å². The van der Waals surface area contributed by atoms with E-state index in [1.165, 1.54) is 13.3 Å². The Morgan fingerprint density at radius 3 is 2.72 bits per heavy atom. The van der Waals surface area contributed by atoms with Gasteiger partial charge in [0.1, 0.15) is 0 Å². The number of methoxy groups -OCH3 is 1. The minimum absolute atomic E-state index is 0.0903. The largest absolute Gasteiger partial charge is 0.494 e. The number of halogens is 3. The summed E-state index contributed by atoms with van der Waals surface area (Å²) in [5.74, 6) is -0.627. The number of carbonyl (C=O) groups excluding carboxylic acids is 1. The predicted octanol–water partition coefficient (Wildman–Crippen LogP) is 2.90. The molecule has 0 aliphatic carbocycles. The van der Waals surface area contributed by atoms with Crippen LogP contribution in [-0.4, -0.2) is 24.7 Å². The average Bonchev–Trinajstić information content (AvgIpc) is 2.30. The minimum atomic E-state index is -2.72. The zero-order valence-electron chi connectivity index (χ0n) is 9.87. The van der Waals surface area contributed by atoms with Crippen molar-refractivity contribution in [2.45, 2.75) is 19.8 Å². The Kier molecular flexibility index (Phi) is 5.46. The molecule has 1 aromatic rings. The molecule has 0 spiro atoms. The SMILES string of the molecule is CCOC(=O)Cc1ncc(Br)c(C(F)F)c1OC. The molecule has 1 heterocycles. The second-order valence-corrected chi connectivity index (χ2v) is 4.14. The van der Waals surface area contributed by atoms with Gasteiger partial charge in [-0.25, -0.2) is 8.78 Å². The number of pyridine rings is 1. The average molecular weight is 324 g/mol. The number of rotatable bonds is 5. The maximum atomic E-state index is 12.9. The Bertz CT molecular complexity index is 441. The summed E-state index contributed by atoms with van der Waals surface area (Å²) in [6.07, 6.45) is -1.71. The van der Waals surface area contributed by atoms with Crippen LogP contribution < -0.4 is 4.74 Å². The van der Waals surface area contributed by atoms with Crippen LogP contribution in [0.1, 0.15) is 24.6 Å². The molecule has 0 bridgehead atoms. The fourth-order valence-electron chi connectivity index (χ4n) is 1.43. The van der Waals surface area contributed by atoms with Crippen LogP contribution in [0, 0.1) is 0 Å². The highest BCUT2D eigenvalue weighted by Gasteiger charge is 2.23. The summed E-state index contributed by atoms with van der Waals surface area (Å²) in [6.45, 7) is 1.88. The molecule has 4 nitrogen and oxygen atoms in total. The third-order valence-electron chi connectivity index (χ3n) is 2.14. The van der Waals surface area contributed by atoms with Gasteiger partial charge in [0.05, 0.1) is 31.4 Å². The lowest BCUT2D eigenvalue weighted by molar-refractivity contribution is -0.142. The molecule has 7 heteroatoms. The van der Waals surface area contributed by atoms with Gasteiger partial charge in [-0.3, -0.25) is 9.78 Å². The van der Waals surface area contributed by atoms with Crippen molar-refractivity contribution in [3.8, 4) is 5.75 Å². The van der Waals surface area contributed by atoms with Crippen LogP contribution in [0.15, 0.2) is 10.7 Å². The van der Waals surface area contributed by atoms with E-state index in [0.29, 0.717) is 0 Å². The summed E-state index contributed by atoms with van der Waals surface area (Å²) >= 11 is 2.98. The maximum Gasteiger partial charge on any atom is 0.312 e. The van der Waals surface area contributed by atoms with Crippen molar-refractivity contribution >= 4 is 21.9 Å². The molecule has 1 rings (SSSR count). The van der Waals surface area contributed by atoms with E-state index < -0.39 is 12.4 Å². The van der Waals surface area contributed by atoms with Crippen LogP contribution in [0.2, 0.25) is 0 Å². The zero-order valence-corrected chi connectivity index (χ0v) is 11.5. The van der Waals surface area contributed by atoms with E-state index in [9.17, 15) is 13.6 Å². The third kappa shape index (κ3) is 3.38. The second-order valence-electron chi connectivity index (χ2n) is 3.28. The Labute approximate surface area is 111 Å². The van der Waals surface area contributed by atoms with E-state index in [2.05, 4.69) is 20.9 Å². The summed E-state index contributed by atoms with van der Waals surface area (Å²) in [6, 6.07) is 0. The lowest BCUT2D eigenvalue weighted by atomic mass is 10.1. The Balaban J connectivity index is 3.13. The monoisotopic (exact) mass is 323 g/mol. The van der Waals surface area contributed by atoms with Gasteiger partial charge in [-0.1, -0.05) is 0 Å². The number of nitrogens with zero attached hydrogens (tertiary/aromatic N) is 1. The van der Waals surface area contributed by atoms with Crippen molar-refractivity contribution in [1.29, 1.82) is 0 Å². The first-order valence-electron chi connectivity index (χ1n) is 5.16. The fourth-order valence-corrected chi connectivity index (χ4v) is 1.89. The van der Waals surface area contributed by atoms with Gasteiger partial charge in [0.25, 0.3) is 6.43 Å². The Morgan fingerprint density at radius 1 is 1.56 bits per heavy atom. The molecule has 0 saturated heterocycles. The molecule has 0 amide bonds. The van der Waals surface area contributed by atoms with Crippen LogP contribution in [-0.2, 0) is 16.0 Å². The normalized spacial score (nSPS) is 10.6. The first kappa shape index (κ1) is 14.8. The van der Waals surface area contributed by atoms with Crippen molar-refractivity contribution in [2.24, 2.45) is 0 Å². The number of esters is 1. The molecule has 0 atom stereocenters. The van der Waals surface area contributed by atoms with Gasteiger partial charge in [0.15, 0.2) is 5.75 Å². The molecule has 0 aliphatic heterocycles. The first-order valence-corrected chi connectivity index (χ1v) is 5.95. The maximum absolute atomic E-state index is 12.9. The molecule has 0 aliphatic rings. The molecular weight excluding hydrogens is 312 g/mol. The highest BCUT2D eigenvalue weighted by molar-refractivity contribution is 9.10. The number of alkyl halides is 2. The third-order valence-corrected chi connectivity index (χ3v) is 2.77. The van der Waals surface area contributed by atoms with Crippen molar-refractivity contribution in [3.63, 3.8) is 0 Å². The highest BCUT2D eigenvalue weighted by atomic mass is 79.9. The summed E-state index contributed by atoms with van der Waals surface area (Å²) in [5.41, 5.74) is -0.179. The predicted molar refractivity (Wildman–Crippen MR) is 63.8 cm³/mol. The number of carbonyl (C=O) groups is 1. The van der Waals surface area contributed by atoms with E-state index in [-0.39, 0.29) is 34.5 Å². The van der Waals surface area contributed by atoms with Gasteiger partial charge in [-0.2, -0.15) is 0 Å². The molecule has 1 aromatic heterocycles. The van der Waals surface area contributed by atoms with E-state index in [4.69, 9.17) is 9.47 Å². The van der Waals surface area contributed by atoms with Crippen molar-refractivity contribution in [2.75, 3.05) is 13.7 Å². The Hall–Kier alpha value is -1.24. The number of ether oxygens (including phenoxy) is 2. The lowest BCUT2D eigenvalue weighted by Gasteiger charge is -2.13. The van der Waals surface area contributed by atoms with Gasteiger partial charge in [0, 0.05) is 10.7 Å². The molecule has 18 heavy (non-hydrogen) atoms. The summed E-state index contributed by atoms with van der Waals surface area (Å²) in [4.78, 5) is 15.2. The fraction of sp³-hybridized carbons (Fsp3) is 0.455. The molecule has 0 fully saturated rings. The van der Waals surface area contributed by atoms with Crippen LogP contribution in [0.4, 0.5) is 8.78 Å². The molecule has 0 radical (unpaired) electrons. The molecule has 0 unspecified atom stereocenters. The quantitative estimate of drug-likeness (QED) is 0.782. The lowest BCUT2D eigenvalue weighted by Crippen LogP contribution is -2.11. The Morgan fingerprint density at radius 2 is 2.22 bits per heavy atom. The smallest absolute Gasteiger partial charge is 0.312 e. The van der Waals surface area contributed by atoms with Crippen LogP contribution in [0.25, 0.3) is 0 Å².